The van der Waals surface area contributed by atoms with E-state index in [1.165, 1.54) is 96.3 Å². The Balaban J connectivity index is 1.99. The maximum atomic E-state index is 10.1. The summed E-state index contributed by atoms with van der Waals surface area (Å²) in [5, 5.41) is 10.1. The molecule has 0 aromatic heterocycles. The van der Waals surface area contributed by atoms with Gasteiger partial charge >= 0.3 is 148 Å². The van der Waals surface area contributed by atoms with E-state index in [4.69, 9.17) is 11.2 Å². The van der Waals surface area contributed by atoms with E-state index in [-0.39, 0.29) is 0 Å². The van der Waals surface area contributed by atoms with Gasteiger partial charge in [0, 0.05) is 0 Å². The van der Waals surface area contributed by atoms with Crippen molar-refractivity contribution >= 4 is 17.2 Å². The molecule has 1 N–H and O–H groups in total. The molecule has 3 aliphatic rings. The summed E-state index contributed by atoms with van der Waals surface area (Å²) in [5.41, 5.74) is 2.32. The summed E-state index contributed by atoms with van der Waals surface area (Å²) in [6.07, 6.45) is 21.8. The van der Waals surface area contributed by atoms with Crippen LogP contribution in [0.25, 0.3) is 0 Å². The zero-order valence-corrected chi connectivity index (χ0v) is 16.7. The van der Waals surface area contributed by atoms with E-state index in [2.05, 4.69) is 0 Å². The van der Waals surface area contributed by atoms with Gasteiger partial charge in [-0.2, -0.15) is 0 Å². The second kappa shape index (κ2) is 7.92. The van der Waals surface area contributed by atoms with E-state index in [0.29, 0.717) is 6.61 Å². The number of aliphatic hydroxyl groups is 1. The summed E-state index contributed by atoms with van der Waals surface area (Å²) in [5.74, 6) is -2.38. The van der Waals surface area contributed by atoms with Crippen LogP contribution >= 0.6 is 17.2 Å². The molecule has 0 unspecified atom stereocenters. The average molecular weight is 361 g/mol. The van der Waals surface area contributed by atoms with Crippen molar-refractivity contribution in [1.29, 1.82) is 0 Å². The molecule has 3 aliphatic carbocycles. The molecule has 0 radical (unpaired) electrons. The van der Waals surface area contributed by atoms with Gasteiger partial charge in [0.25, 0.3) is 0 Å². The first-order valence-corrected chi connectivity index (χ1v) is 14.1. The minimum atomic E-state index is -2.38. The van der Waals surface area contributed by atoms with Crippen LogP contribution < -0.4 is 0 Å². The zero-order chi connectivity index (χ0) is 16.2. The van der Waals surface area contributed by atoms with Crippen molar-refractivity contribution < 1.29 is 5.11 Å². The normalized spacial score (nSPS) is 28.3. The number of hydrogen-bond acceptors (Lipinski definition) is 1. The van der Waals surface area contributed by atoms with Crippen LogP contribution in [0.4, 0.5) is 0 Å². The fraction of sp³-hybridized carbons (Fsp3) is 1.00. The standard InChI is InChI=1S/C20H38ClOP/c21-23(17-16-22,18-10-4-1-5-11-18,19-12-6-2-7-13-19)20-14-8-3-9-15-20/h18-20,22H,1-17H2. The number of halogens is 1. The van der Waals surface area contributed by atoms with E-state index in [1.54, 1.807) is 0 Å². The van der Waals surface area contributed by atoms with Crippen molar-refractivity contribution in [3.63, 3.8) is 0 Å². The molecule has 0 aromatic rings. The third-order valence-electron chi connectivity index (χ3n) is 7.75. The molecular formula is C20H38ClOP. The summed E-state index contributed by atoms with van der Waals surface area (Å²) in [6.45, 7) is 0.338. The molecule has 0 aliphatic heterocycles. The molecule has 1 nitrogen and oxygen atoms in total. The third-order valence-corrected chi connectivity index (χ3v) is 18.3. The Kier molecular flexibility index (Phi) is 6.36. The van der Waals surface area contributed by atoms with Gasteiger partial charge in [-0.15, -0.1) is 0 Å². The molecule has 23 heavy (non-hydrogen) atoms. The summed E-state index contributed by atoms with van der Waals surface area (Å²) in [4.78, 5) is 0. The van der Waals surface area contributed by atoms with Crippen molar-refractivity contribution in [1.82, 2.24) is 0 Å². The van der Waals surface area contributed by atoms with Crippen LogP contribution in [0.1, 0.15) is 96.3 Å². The maximum absolute atomic E-state index is 10.1. The third kappa shape index (κ3) is 3.37. The van der Waals surface area contributed by atoms with E-state index >= 15 is 0 Å². The van der Waals surface area contributed by atoms with E-state index in [9.17, 15) is 5.11 Å². The molecule has 3 saturated carbocycles. The molecule has 0 atom stereocenters. The van der Waals surface area contributed by atoms with E-state index < -0.39 is 5.96 Å². The van der Waals surface area contributed by atoms with Crippen LogP contribution in [0.5, 0.6) is 0 Å². The predicted molar refractivity (Wildman–Crippen MR) is 105 cm³/mol. The summed E-state index contributed by atoms with van der Waals surface area (Å²) in [7, 11) is 0. The Morgan fingerprint density at radius 3 is 1.17 bits per heavy atom. The summed E-state index contributed by atoms with van der Waals surface area (Å²) in [6, 6.07) is 0. The van der Waals surface area contributed by atoms with Crippen molar-refractivity contribution in [3.8, 4) is 0 Å². The van der Waals surface area contributed by atoms with Crippen LogP contribution in [-0.2, 0) is 0 Å². The second-order valence-electron chi connectivity index (χ2n) is 8.73. The molecule has 136 valence electrons. The van der Waals surface area contributed by atoms with Crippen LogP contribution in [0.15, 0.2) is 0 Å². The number of aliphatic hydroxyl groups excluding tert-OH is 1. The Morgan fingerprint density at radius 1 is 0.609 bits per heavy atom. The topological polar surface area (TPSA) is 20.2 Å². The van der Waals surface area contributed by atoms with Crippen molar-refractivity contribution in [3.05, 3.63) is 0 Å². The van der Waals surface area contributed by atoms with Gasteiger partial charge in [0.1, 0.15) is 0 Å². The molecular weight excluding hydrogens is 323 g/mol. The van der Waals surface area contributed by atoms with Crippen LogP contribution in [0.3, 0.4) is 0 Å². The first-order chi connectivity index (χ1) is 11.2. The monoisotopic (exact) mass is 360 g/mol. The predicted octanol–water partition coefficient (Wildman–Crippen LogP) is 6.68. The van der Waals surface area contributed by atoms with Gasteiger partial charge in [-0.25, -0.2) is 0 Å². The van der Waals surface area contributed by atoms with E-state index in [1.807, 2.05) is 0 Å². The number of rotatable bonds is 5. The first kappa shape index (κ1) is 18.5. The van der Waals surface area contributed by atoms with Crippen molar-refractivity contribution in [2.75, 3.05) is 12.8 Å². The molecule has 0 heterocycles. The van der Waals surface area contributed by atoms with Gasteiger partial charge in [0.2, 0.25) is 0 Å². The van der Waals surface area contributed by atoms with Gasteiger partial charge in [0.05, 0.1) is 0 Å². The molecule has 0 bridgehead atoms. The Morgan fingerprint density at radius 2 is 0.913 bits per heavy atom. The molecule has 3 fully saturated rings. The van der Waals surface area contributed by atoms with Crippen LogP contribution in [-0.4, -0.2) is 34.9 Å². The molecule has 0 saturated heterocycles. The molecule has 3 rings (SSSR count). The molecule has 0 spiro atoms. The van der Waals surface area contributed by atoms with Gasteiger partial charge < -0.3 is 0 Å². The second-order valence-corrected chi connectivity index (χ2v) is 16.7. The van der Waals surface area contributed by atoms with Gasteiger partial charge in [0.15, 0.2) is 0 Å². The van der Waals surface area contributed by atoms with Crippen LogP contribution in [0, 0.1) is 0 Å². The fourth-order valence-corrected chi connectivity index (χ4v) is 16.5. The van der Waals surface area contributed by atoms with Gasteiger partial charge in [-0.3, -0.25) is 0 Å². The van der Waals surface area contributed by atoms with E-state index in [0.717, 1.165) is 23.1 Å². The molecule has 3 heteroatoms. The molecule has 0 amide bonds. The summed E-state index contributed by atoms with van der Waals surface area (Å²) < 4.78 is 0. The zero-order valence-electron chi connectivity index (χ0n) is 15.0. The Bertz CT molecular complexity index is 320. The van der Waals surface area contributed by atoms with Gasteiger partial charge in [-0.1, -0.05) is 0 Å². The van der Waals surface area contributed by atoms with Crippen molar-refractivity contribution in [2.24, 2.45) is 0 Å². The van der Waals surface area contributed by atoms with Gasteiger partial charge in [-0.05, 0) is 0 Å². The SMILES string of the molecule is OCCP(Cl)(C1CCCCC1)(C1CCCCC1)C1CCCCC1. The average Bonchev–Trinajstić information content (AvgIpc) is 2.64. The van der Waals surface area contributed by atoms with Crippen LogP contribution in [0.2, 0.25) is 0 Å². The quantitative estimate of drug-likeness (QED) is 0.542. The number of hydrogen-bond donors (Lipinski definition) is 1. The molecule has 0 aromatic carbocycles. The fourth-order valence-electron chi connectivity index (χ4n) is 6.63. The first-order valence-electron chi connectivity index (χ1n) is 10.5. The Hall–Kier alpha value is 0.680. The summed E-state index contributed by atoms with van der Waals surface area (Å²) >= 11 is 8.10. The van der Waals surface area contributed by atoms with Crippen molar-refractivity contribution in [2.45, 2.75) is 113 Å². The Labute approximate surface area is 148 Å². The minimum absolute atomic E-state index is 0.338.